The van der Waals surface area contributed by atoms with E-state index >= 15 is 0 Å². The number of carbonyl (C=O) groups excluding carboxylic acids is 1. The Balaban J connectivity index is 1.48. The fraction of sp³-hybridized carbons (Fsp3) is 0.524. The summed E-state index contributed by atoms with van der Waals surface area (Å²) in [5.74, 6) is 1.34. The van der Waals surface area contributed by atoms with Crippen molar-refractivity contribution >= 4 is 5.91 Å². The summed E-state index contributed by atoms with van der Waals surface area (Å²) >= 11 is 0. The Bertz CT molecular complexity index is 796. The summed E-state index contributed by atoms with van der Waals surface area (Å²) in [6.45, 7) is 6.52. The first-order valence-corrected chi connectivity index (χ1v) is 9.60. The number of rotatable bonds is 3. The van der Waals surface area contributed by atoms with Gasteiger partial charge in [-0.05, 0) is 26.0 Å². The van der Waals surface area contributed by atoms with E-state index in [0.29, 0.717) is 43.6 Å². The molecular weight excluding hydrogens is 344 g/mol. The third-order valence-corrected chi connectivity index (χ3v) is 5.40. The van der Waals surface area contributed by atoms with E-state index < -0.39 is 0 Å². The van der Waals surface area contributed by atoms with Gasteiger partial charge in [-0.15, -0.1) is 0 Å². The minimum absolute atomic E-state index is 0.0269. The van der Waals surface area contributed by atoms with Crippen LogP contribution in [0.4, 0.5) is 0 Å². The molecule has 2 aliphatic rings. The molecule has 3 heterocycles. The van der Waals surface area contributed by atoms with Crippen LogP contribution in [0.1, 0.15) is 31.2 Å². The molecule has 1 amide bonds. The number of hydrogen-bond acceptors (Lipinski definition) is 5. The molecule has 1 aromatic carbocycles. The summed E-state index contributed by atoms with van der Waals surface area (Å²) in [4.78, 5) is 19.5. The second kappa shape index (κ2) is 7.44. The zero-order valence-electron chi connectivity index (χ0n) is 15.9. The van der Waals surface area contributed by atoms with Gasteiger partial charge in [0.1, 0.15) is 5.76 Å². The Morgan fingerprint density at radius 1 is 1.26 bits per heavy atom. The number of benzene rings is 1. The first-order chi connectivity index (χ1) is 13.0. The van der Waals surface area contributed by atoms with Crippen LogP contribution in [0.15, 0.2) is 34.7 Å². The number of nitrogens with zero attached hydrogens (tertiary/aromatic N) is 2. The topological polar surface area (TPSA) is 64.8 Å². The second-order valence-electron chi connectivity index (χ2n) is 7.56. The fourth-order valence-corrected chi connectivity index (χ4v) is 3.98. The van der Waals surface area contributed by atoms with Gasteiger partial charge in [-0.1, -0.05) is 18.2 Å². The molecule has 0 saturated carbocycles. The Morgan fingerprint density at radius 3 is 2.74 bits per heavy atom. The van der Waals surface area contributed by atoms with Crippen LogP contribution in [0.3, 0.4) is 0 Å². The average Bonchev–Trinajstić information content (AvgIpc) is 3.03. The van der Waals surface area contributed by atoms with Crippen LogP contribution in [0.5, 0.6) is 0 Å². The lowest BCUT2D eigenvalue weighted by molar-refractivity contribution is -0.189. The zero-order chi connectivity index (χ0) is 18.9. The third kappa shape index (κ3) is 3.92. The highest BCUT2D eigenvalue weighted by atomic mass is 16.5. The van der Waals surface area contributed by atoms with Crippen molar-refractivity contribution in [2.24, 2.45) is 0 Å². The van der Waals surface area contributed by atoms with E-state index in [1.165, 1.54) is 0 Å². The van der Waals surface area contributed by atoms with Gasteiger partial charge >= 0.3 is 0 Å². The predicted molar refractivity (Wildman–Crippen MR) is 100 cm³/mol. The number of aryl methyl sites for hydroxylation is 1. The first kappa shape index (κ1) is 18.2. The lowest BCUT2D eigenvalue weighted by atomic mass is 9.91. The standard InChI is InChI=1S/C21H26N2O4/c1-15-13-23(14-21(27-15)8-10-25-11-9-21)19(24)12-18-16(2)26-20(22-18)17-6-4-3-5-7-17/h3-7,15H,8-14H2,1-2H3. The van der Waals surface area contributed by atoms with Crippen molar-refractivity contribution in [3.05, 3.63) is 41.8 Å². The van der Waals surface area contributed by atoms with E-state index in [0.717, 1.165) is 18.4 Å². The largest absolute Gasteiger partial charge is 0.441 e. The predicted octanol–water partition coefficient (Wildman–Crippen LogP) is 2.99. The monoisotopic (exact) mass is 370 g/mol. The number of oxazole rings is 1. The summed E-state index contributed by atoms with van der Waals surface area (Å²) in [7, 11) is 0. The number of hydrogen-bond donors (Lipinski definition) is 0. The molecule has 2 aliphatic heterocycles. The number of aromatic nitrogens is 1. The molecule has 0 bridgehead atoms. The van der Waals surface area contributed by atoms with Crippen molar-refractivity contribution < 1.29 is 18.7 Å². The molecule has 1 aromatic heterocycles. The molecule has 2 fully saturated rings. The molecule has 2 saturated heterocycles. The Morgan fingerprint density at radius 2 is 2.00 bits per heavy atom. The van der Waals surface area contributed by atoms with Crippen LogP contribution in [0.25, 0.3) is 11.5 Å². The van der Waals surface area contributed by atoms with Crippen LogP contribution in [0.2, 0.25) is 0 Å². The molecule has 27 heavy (non-hydrogen) atoms. The van der Waals surface area contributed by atoms with E-state index in [1.807, 2.05) is 49.1 Å². The maximum absolute atomic E-state index is 13.0. The third-order valence-electron chi connectivity index (χ3n) is 5.40. The summed E-state index contributed by atoms with van der Waals surface area (Å²) in [5.41, 5.74) is 1.36. The van der Waals surface area contributed by atoms with Crippen molar-refractivity contribution in [1.29, 1.82) is 0 Å². The zero-order valence-corrected chi connectivity index (χ0v) is 15.9. The van der Waals surface area contributed by atoms with Crippen LogP contribution in [0, 0.1) is 6.92 Å². The molecule has 1 spiro atoms. The SMILES string of the molecule is Cc1oc(-c2ccccc2)nc1CC(=O)N1CC(C)OC2(CCOCC2)C1. The Labute approximate surface area is 159 Å². The van der Waals surface area contributed by atoms with Gasteiger partial charge < -0.3 is 18.8 Å². The molecule has 6 nitrogen and oxygen atoms in total. The number of amides is 1. The molecule has 4 rings (SSSR count). The van der Waals surface area contributed by atoms with Gasteiger partial charge in [-0.25, -0.2) is 4.98 Å². The number of carbonyl (C=O) groups is 1. The van der Waals surface area contributed by atoms with Gasteiger partial charge in [-0.3, -0.25) is 4.79 Å². The first-order valence-electron chi connectivity index (χ1n) is 9.60. The lowest BCUT2D eigenvalue weighted by Crippen LogP contribution is -2.58. The molecule has 0 N–H and O–H groups in total. The summed E-state index contributed by atoms with van der Waals surface area (Å²) in [6.07, 6.45) is 1.95. The highest BCUT2D eigenvalue weighted by molar-refractivity contribution is 5.79. The molecule has 1 atom stereocenters. The van der Waals surface area contributed by atoms with E-state index in [2.05, 4.69) is 4.98 Å². The number of morpholine rings is 1. The minimum Gasteiger partial charge on any atom is -0.441 e. The summed E-state index contributed by atoms with van der Waals surface area (Å²) < 4.78 is 17.5. The van der Waals surface area contributed by atoms with Crippen molar-refractivity contribution in [3.63, 3.8) is 0 Å². The maximum atomic E-state index is 13.0. The smallest absolute Gasteiger partial charge is 0.228 e. The van der Waals surface area contributed by atoms with Gasteiger partial charge in [0.25, 0.3) is 0 Å². The van der Waals surface area contributed by atoms with Crippen molar-refractivity contribution in [2.45, 2.75) is 44.8 Å². The highest BCUT2D eigenvalue weighted by Gasteiger charge is 2.42. The maximum Gasteiger partial charge on any atom is 0.228 e. The van der Waals surface area contributed by atoms with E-state index in [4.69, 9.17) is 13.9 Å². The van der Waals surface area contributed by atoms with Crippen LogP contribution in [-0.4, -0.2) is 53.8 Å². The van der Waals surface area contributed by atoms with Crippen molar-refractivity contribution in [3.8, 4) is 11.5 Å². The van der Waals surface area contributed by atoms with E-state index in [9.17, 15) is 4.79 Å². The summed E-state index contributed by atoms with van der Waals surface area (Å²) in [6, 6.07) is 9.75. The molecule has 6 heteroatoms. The molecule has 144 valence electrons. The van der Waals surface area contributed by atoms with E-state index in [-0.39, 0.29) is 24.0 Å². The van der Waals surface area contributed by atoms with Gasteiger partial charge in [0.15, 0.2) is 0 Å². The average molecular weight is 370 g/mol. The molecule has 0 radical (unpaired) electrons. The normalized spacial score (nSPS) is 22.1. The fourth-order valence-electron chi connectivity index (χ4n) is 3.98. The van der Waals surface area contributed by atoms with E-state index in [1.54, 1.807) is 0 Å². The molecule has 2 aromatic rings. The van der Waals surface area contributed by atoms with Gasteiger partial charge in [0.05, 0.1) is 23.8 Å². The van der Waals surface area contributed by atoms with Crippen molar-refractivity contribution in [1.82, 2.24) is 9.88 Å². The molecular formula is C21H26N2O4. The van der Waals surface area contributed by atoms with Gasteiger partial charge in [0.2, 0.25) is 11.8 Å². The summed E-state index contributed by atoms with van der Waals surface area (Å²) in [5, 5.41) is 0. The number of ether oxygens (including phenoxy) is 2. The highest BCUT2D eigenvalue weighted by Crippen LogP contribution is 2.32. The minimum atomic E-state index is -0.264. The van der Waals surface area contributed by atoms with Crippen LogP contribution >= 0.6 is 0 Å². The van der Waals surface area contributed by atoms with Crippen molar-refractivity contribution in [2.75, 3.05) is 26.3 Å². The van der Waals surface area contributed by atoms with Crippen LogP contribution in [-0.2, 0) is 20.7 Å². The molecule has 0 aliphatic carbocycles. The van der Waals surface area contributed by atoms with Gasteiger partial charge in [-0.2, -0.15) is 0 Å². The lowest BCUT2D eigenvalue weighted by Gasteiger charge is -2.47. The molecule has 1 unspecified atom stereocenters. The van der Waals surface area contributed by atoms with Gasteiger partial charge in [0, 0.05) is 44.7 Å². The Hall–Kier alpha value is -2.18. The quantitative estimate of drug-likeness (QED) is 0.831. The van der Waals surface area contributed by atoms with Crippen LogP contribution < -0.4 is 0 Å². The Kier molecular flexibility index (Phi) is 5.02. The second-order valence-corrected chi connectivity index (χ2v) is 7.56.